The smallest absolute Gasteiger partial charge is 0.221 e. The van der Waals surface area contributed by atoms with E-state index in [-0.39, 0.29) is 5.78 Å². The van der Waals surface area contributed by atoms with E-state index in [0.717, 1.165) is 20.5 Å². The number of aromatic nitrogens is 3. The van der Waals surface area contributed by atoms with Gasteiger partial charge in [0.05, 0.1) is 14.9 Å². The Hall–Kier alpha value is -1.40. The number of rotatable bonds is 2. The van der Waals surface area contributed by atoms with Crippen molar-refractivity contribution in [2.24, 2.45) is 7.05 Å². The van der Waals surface area contributed by atoms with Gasteiger partial charge in [0.25, 0.3) is 0 Å². The zero-order valence-electron chi connectivity index (χ0n) is 8.90. The second-order valence-electron chi connectivity index (χ2n) is 3.67. The number of hydrogen-bond acceptors (Lipinski definition) is 3. The van der Waals surface area contributed by atoms with E-state index in [1.807, 2.05) is 35.2 Å². The predicted octanol–water partition coefficient (Wildman–Crippen LogP) is 2.96. The first-order chi connectivity index (χ1) is 8.18. The van der Waals surface area contributed by atoms with Crippen molar-refractivity contribution in [3.05, 3.63) is 38.8 Å². The lowest BCUT2D eigenvalue weighted by atomic mass is 10.2. The molecule has 0 aromatic carbocycles. The third-order valence-electron chi connectivity index (χ3n) is 2.66. The normalized spacial score (nSPS) is 11.2. The van der Waals surface area contributed by atoms with Crippen LogP contribution in [0.25, 0.3) is 11.0 Å². The first kappa shape index (κ1) is 10.7. The molecule has 0 spiro atoms. The Morgan fingerprint density at radius 2 is 2.41 bits per heavy atom. The molecule has 0 saturated heterocycles. The lowest BCUT2D eigenvalue weighted by Crippen LogP contribution is -1.99. The van der Waals surface area contributed by atoms with E-state index in [0.29, 0.717) is 5.69 Å². The maximum absolute atomic E-state index is 12.2. The highest BCUT2D eigenvalue weighted by atomic mass is 79.9. The van der Waals surface area contributed by atoms with Crippen LogP contribution in [0, 0.1) is 0 Å². The number of aromatic amines is 1. The second kappa shape index (κ2) is 3.82. The summed E-state index contributed by atoms with van der Waals surface area (Å²) in [6, 6.07) is 5.59. The van der Waals surface area contributed by atoms with Crippen LogP contribution in [0.3, 0.4) is 0 Å². The molecule has 3 aromatic rings. The molecule has 6 heteroatoms. The molecule has 0 amide bonds. The second-order valence-corrected chi connectivity index (χ2v) is 5.43. The van der Waals surface area contributed by atoms with Crippen molar-refractivity contribution in [3.8, 4) is 0 Å². The van der Waals surface area contributed by atoms with E-state index in [2.05, 4.69) is 26.1 Å². The molecule has 0 aliphatic heterocycles. The molecule has 0 aliphatic rings. The largest absolute Gasteiger partial charge is 0.322 e. The van der Waals surface area contributed by atoms with Crippen molar-refractivity contribution in [1.29, 1.82) is 0 Å². The van der Waals surface area contributed by atoms with Crippen molar-refractivity contribution >= 4 is 44.1 Å². The fourth-order valence-corrected chi connectivity index (χ4v) is 2.82. The van der Waals surface area contributed by atoms with Crippen LogP contribution in [0.1, 0.15) is 15.4 Å². The molecule has 4 nitrogen and oxygen atoms in total. The average Bonchev–Trinajstić information content (AvgIpc) is 2.99. The van der Waals surface area contributed by atoms with Gasteiger partial charge >= 0.3 is 0 Å². The molecule has 3 rings (SSSR count). The average molecular weight is 310 g/mol. The van der Waals surface area contributed by atoms with E-state index in [4.69, 9.17) is 0 Å². The molecule has 3 aromatic heterocycles. The van der Waals surface area contributed by atoms with Crippen LogP contribution in [-0.4, -0.2) is 20.5 Å². The molecule has 0 saturated carbocycles. The van der Waals surface area contributed by atoms with Crippen LogP contribution in [0.4, 0.5) is 0 Å². The van der Waals surface area contributed by atoms with Gasteiger partial charge in [0.15, 0.2) is 5.65 Å². The predicted molar refractivity (Wildman–Crippen MR) is 70.5 cm³/mol. The van der Waals surface area contributed by atoms with Crippen molar-refractivity contribution in [2.45, 2.75) is 0 Å². The van der Waals surface area contributed by atoms with Crippen LogP contribution in [-0.2, 0) is 7.05 Å². The standard InChI is InChI=1S/C11H8BrN3OS/c1-15-8(12)5-6-9(13-14-11(6)15)10(16)7-3-2-4-17-7/h2-5H,1H3,(H,13,14). The fourth-order valence-electron chi connectivity index (χ4n) is 1.75. The Morgan fingerprint density at radius 1 is 1.59 bits per heavy atom. The van der Waals surface area contributed by atoms with Gasteiger partial charge in [-0.2, -0.15) is 5.10 Å². The van der Waals surface area contributed by atoms with E-state index in [1.54, 1.807) is 0 Å². The maximum Gasteiger partial charge on any atom is 0.221 e. The van der Waals surface area contributed by atoms with Gasteiger partial charge in [-0.1, -0.05) is 6.07 Å². The maximum atomic E-state index is 12.2. The van der Waals surface area contributed by atoms with Crippen LogP contribution < -0.4 is 0 Å². The van der Waals surface area contributed by atoms with Gasteiger partial charge in [0.1, 0.15) is 5.69 Å². The summed E-state index contributed by atoms with van der Waals surface area (Å²) in [5, 5.41) is 9.71. The van der Waals surface area contributed by atoms with Crippen LogP contribution in [0.5, 0.6) is 0 Å². The van der Waals surface area contributed by atoms with Gasteiger partial charge in [0, 0.05) is 7.05 Å². The van der Waals surface area contributed by atoms with Gasteiger partial charge in [-0.15, -0.1) is 11.3 Å². The van der Waals surface area contributed by atoms with E-state index < -0.39 is 0 Å². The summed E-state index contributed by atoms with van der Waals surface area (Å²) >= 11 is 4.85. The van der Waals surface area contributed by atoms with Gasteiger partial charge in [-0.05, 0) is 33.4 Å². The first-order valence-corrected chi connectivity index (χ1v) is 6.63. The van der Waals surface area contributed by atoms with Gasteiger partial charge in [-0.3, -0.25) is 9.89 Å². The van der Waals surface area contributed by atoms with Crippen molar-refractivity contribution in [1.82, 2.24) is 14.8 Å². The number of nitrogens with zero attached hydrogens (tertiary/aromatic N) is 2. The molecule has 0 fully saturated rings. The first-order valence-electron chi connectivity index (χ1n) is 4.96. The highest BCUT2D eigenvalue weighted by Gasteiger charge is 2.19. The summed E-state index contributed by atoms with van der Waals surface area (Å²) < 4.78 is 2.79. The Kier molecular flexibility index (Phi) is 2.41. The number of hydrogen-bond donors (Lipinski definition) is 1. The third-order valence-corrected chi connectivity index (χ3v) is 4.29. The number of aryl methyl sites for hydroxylation is 1. The number of fused-ring (bicyclic) bond motifs is 1. The summed E-state index contributed by atoms with van der Waals surface area (Å²) in [6.45, 7) is 0. The molecule has 1 N–H and O–H groups in total. The quantitative estimate of drug-likeness (QED) is 0.740. The molecule has 17 heavy (non-hydrogen) atoms. The lowest BCUT2D eigenvalue weighted by Gasteiger charge is -1.92. The minimum atomic E-state index is -0.0133. The Labute approximate surface area is 109 Å². The highest BCUT2D eigenvalue weighted by molar-refractivity contribution is 9.10. The third kappa shape index (κ3) is 1.56. The molecule has 0 atom stereocenters. The molecule has 3 heterocycles. The molecule has 0 bridgehead atoms. The van der Waals surface area contributed by atoms with Crippen LogP contribution in [0.2, 0.25) is 0 Å². The number of carbonyl (C=O) groups excluding carboxylic acids is 1. The minimum Gasteiger partial charge on any atom is -0.322 e. The van der Waals surface area contributed by atoms with Gasteiger partial charge < -0.3 is 4.57 Å². The fraction of sp³-hybridized carbons (Fsp3) is 0.0909. The monoisotopic (exact) mass is 309 g/mol. The summed E-state index contributed by atoms with van der Waals surface area (Å²) in [7, 11) is 1.90. The number of ketones is 1. The highest BCUT2D eigenvalue weighted by Crippen LogP contribution is 2.26. The van der Waals surface area contributed by atoms with Gasteiger partial charge in [-0.25, -0.2) is 0 Å². The van der Waals surface area contributed by atoms with E-state index >= 15 is 0 Å². The summed E-state index contributed by atoms with van der Waals surface area (Å²) in [5.74, 6) is -0.0133. The van der Waals surface area contributed by atoms with Crippen molar-refractivity contribution in [3.63, 3.8) is 0 Å². The number of thiophene rings is 1. The summed E-state index contributed by atoms with van der Waals surface area (Å²) in [6.07, 6.45) is 0. The molecule has 0 unspecified atom stereocenters. The van der Waals surface area contributed by atoms with E-state index in [9.17, 15) is 4.79 Å². The number of nitrogens with one attached hydrogen (secondary N) is 1. The van der Waals surface area contributed by atoms with Crippen LogP contribution >= 0.6 is 27.3 Å². The zero-order chi connectivity index (χ0) is 12.0. The molecule has 0 aliphatic carbocycles. The number of H-pyrrole nitrogens is 1. The molecule has 86 valence electrons. The molecular weight excluding hydrogens is 302 g/mol. The minimum absolute atomic E-state index is 0.0133. The Balaban J connectivity index is 2.18. The Morgan fingerprint density at radius 3 is 3.12 bits per heavy atom. The SMILES string of the molecule is Cn1c(Br)cc2c(C(=O)c3cccs3)[nH]nc21. The Bertz CT molecular complexity index is 696. The van der Waals surface area contributed by atoms with Crippen molar-refractivity contribution < 1.29 is 4.79 Å². The topological polar surface area (TPSA) is 50.7 Å². The summed E-state index contributed by atoms with van der Waals surface area (Å²) in [4.78, 5) is 12.9. The van der Waals surface area contributed by atoms with Gasteiger partial charge in [0.2, 0.25) is 5.78 Å². The molecule has 0 radical (unpaired) electrons. The lowest BCUT2D eigenvalue weighted by molar-refractivity contribution is 0.103. The van der Waals surface area contributed by atoms with E-state index in [1.165, 1.54) is 11.3 Å². The number of halogens is 1. The van der Waals surface area contributed by atoms with Crippen molar-refractivity contribution in [2.75, 3.05) is 0 Å². The zero-order valence-corrected chi connectivity index (χ0v) is 11.3. The molecular formula is C11H8BrN3OS. The summed E-state index contributed by atoms with van der Waals surface area (Å²) in [5.41, 5.74) is 1.32. The van der Waals surface area contributed by atoms with Crippen LogP contribution in [0.15, 0.2) is 28.2 Å². The number of carbonyl (C=O) groups is 1.